The zero-order valence-corrected chi connectivity index (χ0v) is 13.2. The zero-order chi connectivity index (χ0) is 15.1. The van der Waals surface area contributed by atoms with Gasteiger partial charge in [-0.2, -0.15) is 0 Å². The Kier molecular flexibility index (Phi) is 3.73. The summed E-state index contributed by atoms with van der Waals surface area (Å²) in [6, 6.07) is 1.32. The molecule has 5 nitrogen and oxygen atoms in total. The van der Waals surface area contributed by atoms with Crippen molar-refractivity contribution in [2.24, 2.45) is 0 Å². The van der Waals surface area contributed by atoms with Crippen molar-refractivity contribution in [2.45, 2.75) is 58.0 Å². The molecule has 0 fully saturated rings. The normalized spacial score (nSPS) is 24.5. The molecule has 0 saturated heterocycles. The van der Waals surface area contributed by atoms with E-state index in [2.05, 4.69) is 5.32 Å². The molecule has 1 aromatic heterocycles. The third kappa shape index (κ3) is 3.07. The van der Waals surface area contributed by atoms with Gasteiger partial charge in [0.1, 0.15) is 29.1 Å². The van der Waals surface area contributed by atoms with Crippen LogP contribution < -0.4 is 10.1 Å². The Morgan fingerprint density at radius 1 is 1.50 bits per heavy atom. The summed E-state index contributed by atoms with van der Waals surface area (Å²) in [5.74, 6) is 0.700. The summed E-state index contributed by atoms with van der Waals surface area (Å²) in [7, 11) is 0. The van der Waals surface area contributed by atoms with Crippen molar-refractivity contribution < 1.29 is 19.4 Å². The van der Waals surface area contributed by atoms with Gasteiger partial charge in [0, 0.05) is 0 Å². The monoisotopic (exact) mass is 299 g/mol. The molecular formula is C14H21NO4S. The lowest BCUT2D eigenvalue weighted by Crippen LogP contribution is -2.53. The minimum Gasteiger partial charge on any atom is -0.484 e. The van der Waals surface area contributed by atoms with E-state index in [1.807, 2.05) is 11.4 Å². The Morgan fingerprint density at radius 3 is 2.75 bits per heavy atom. The number of ether oxygens (including phenoxy) is 2. The molecule has 2 heterocycles. The van der Waals surface area contributed by atoms with Gasteiger partial charge in [0.2, 0.25) is 0 Å². The zero-order valence-electron chi connectivity index (χ0n) is 12.4. The average molecular weight is 299 g/mol. The fourth-order valence-electron chi connectivity index (χ4n) is 2.09. The molecule has 1 aromatic rings. The first-order valence-electron chi connectivity index (χ1n) is 6.54. The molecule has 0 aliphatic carbocycles. The van der Waals surface area contributed by atoms with E-state index in [0.717, 1.165) is 4.88 Å². The molecule has 1 aliphatic rings. The number of rotatable bonds is 1. The minimum absolute atomic E-state index is 0.524. The fraction of sp³-hybridized carbons (Fsp3) is 0.643. The van der Waals surface area contributed by atoms with E-state index < -0.39 is 29.4 Å². The Bertz CT molecular complexity index is 504. The Hall–Kier alpha value is -1.27. The lowest BCUT2D eigenvalue weighted by atomic mass is 9.91. The van der Waals surface area contributed by atoms with Gasteiger partial charge < -0.3 is 19.9 Å². The summed E-state index contributed by atoms with van der Waals surface area (Å²) >= 11 is 1.44. The average Bonchev–Trinajstić information content (AvgIpc) is 2.68. The topological polar surface area (TPSA) is 67.8 Å². The van der Waals surface area contributed by atoms with E-state index in [-0.39, 0.29) is 0 Å². The second kappa shape index (κ2) is 4.93. The smallest absolute Gasteiger partial charge is 0.408 e. The predicted molar refractivity (Wildman–Crippen MR) is 77.1 cm³/mol. The van der Waals surface area contributed by atoms with Gasteiger partial charge in [-0.1, -0.05) is 0 Å². The van der Waals surface area contributed by atoms with Crippen molar-refractivity contribution in [3.05, 3.63) is 16.3 Å². The molecule has 0 aromatic carbocycles. The van der Waals surface area contributed by atoms with Crippen LogP contribution in [0.1, 0.15) is 45.5 Å². The number of carbonyl (C=O) groups is 1. The fourth-order valence-corrected chi connectivity index (χ4v) is 2.99. The van der Waals surface area contributed by atoms with Gasteiger partial charge in [0.25, 0.3) is 0 Å². The Morgan fingerprint density at radius 2 is 2.15 bits per heavy atom. The number of thiophene rings is 1. The van der Waals surface area contributed by atoms with Crippen molar-refractivity contribution in [3.8, 4) is 5.75 Å². The minimum atomic E-state index is -0.846. The highest BCUT2D eigenvalue weighted by Gasteiger charge is 2.44. The summed E-state index contributed by atoms with van der Waals surface area (Å²) in [5, 5.41) is 15.0. The van der Waals surface area contributed by atoms with Crippen LogP contribution in [-0.4, -0.2) is 28.5 Å². The molecule has 6 heteroatoms. The number of aliphatic hydroxyl groups excluding tert-OH is 1. The van der Waals surface area contributed by atoms with Crippen LogP contribution in [0.4, 0.5) is 4.79 Å². The van der Waals surface area contributed by atoms with E-state index >= 15 is 0 Å². The number of amides is 1. The number of fused-ring (bicyclic) bond motifs is 1. The molecule has 0 saturated carbocycles. The summed E-state index contributed by atoms with van der Waals surface area (Å²) in [5.41, 5.74) is -1.35. The van der Waals surface area contributed by atoms with Gasteiger partial charge in [0.05, 0.1) is 4.88 Å². The maximum atomic E-state index is 11.9. The molecule has 1 aliphatic heterocycles. The highest BCUT2D eigenvalue weighted by atomic mass is 32.1. The van der Waals surface area contributed by atoms with Gasteiger partial charge >= 0.3 is 6.09 Å². The molecule has 0 radical (unpaired) electrons. The number of carbonyl (C=O) groups excluding carboxylic acids is 1. The summed E-state index contributed by atoms with van der Waals surface area (Å²) < 4.78 is 11.0. The van der Waals surface area contributed by atoms with Gasteiger partial charge in [-0.05, 0) is 46.1 Å². The largest absolute Gasteiger partial charge is 0.484 e. The third-order valence-electron chi connectivity index (χ3n) is 3.01. The Balaban J connectivity index is 2.20. The molecule has 20 heavy (non-hydrogen) atoms. The first-order valence-corrected chi connectivity index (χ1v) is 7.42. The van der Waals surface area contributed by atoms with E-state index in [4.69, 9.17) is 9.47 Å². The molecular weight excluding hydrogens is 278 g/mol. The standard InChI is InChI=1S/C14H21NO4S/c1-13(2,3)19-12(17)15-9-10-8(6-7-20-10)18-14(4,5)11(9)16/h6-7,9,11,16H,1-5H3,(H,15,17)/t9-,11+/m1/s1. The molecule has 2 atom stereocenters. The van der Waals surface area contributed by atoms with E-state index in [0.29, 0.717) is 5.75 Å². The number of nitrogens with one attached hydrogen (secondary N) is 1. The van der Waals surface area contributed by atoms with Crippen LogP contribution in [-0.2, 0) is 4.74 Å². The number of alkyl carbamates (subject to hydrolysis) is 1. The number of aliphatic hydroxyl groups is 1. The van der Waals surface area contributed by atoms with E-state index in [9.17, 15) is 9.90 Å². The maximum absolute atomic E-state index is 11.9. The summed E-state index contributed by atoms with van der Waals surface area (Å²) in [6.07, 6.45) is -1.39. The quantitative estimate of drug-likeness (QED) is 0.836. The summed E-state index contributed by atoms with van der Waals surface area (Å²) in [6.45, 7) is 8.98. The molecule has 2 rings (SSSR count). The van der Waals surface area contributed by atoms with Gasteiger partial charge in [-0.25, -0.2) is 4.79 Å². The molecule has 0 spiro atoms. The molecule has 0 unspecified atom stereocenters. The Labute approximate surface area is 122 Å². The number of hydrogen-bond donors (Lipinski definition) is 2. The van der Waals surface area contributed by atoms with Crippen LogP contribution in [0.2, 0.25) is 0 Å². The SMILES string of the molecule is CC(C)(C)OC(=O)N[C@@H]1c2sccc2OC(C)(C)[C@H]1O. The van der Waals surface area contributed by atoms with Crippen molar-refractivity contribution >= 4 is 17.4 Å². The first-order chi connectivity index (χ1) is 9.10. The van der Waals surface area contributed by atoms with Gasteiger partial charge in [0.15, 0.2) is 0 Å². The maximum Gasteiger partial charge on any atom is 0.408 e. The van der Waals surface area contributed by atoms with Gasteiger partial charge in [-0.3, -0.25) is 0 Å². The molecule has 112 valence electrons. The summed E-state index contributed by atoms with van der Waals surface area (Å²) in [4.78, 5) is 12.7. The van der Waals surface area contributed by atoms with Crippen LogP contribution in [0.25, 0.3) is 0 Å². The highest BCUT2D eigenvalue weighted by molar-refractivity contribution is 7.10. The van der Waals surface area contributed by atoms with Crippen LogP contribution >= 0.6 is 11.3 Å². The van der Waals surface area contributed by atoms with Gasteiger partial charge in [-0.15, -0.1) is 11.3 Å². The highest BCUT2D eigenvalue weighted by Crippen LogP contribution is 2.42. The van der Waals surface area contributed by atoms with Crippen LogP contribution in [0.3, 0.4) is 0 Å². The van der Waals surface area contributed by atoms with E-state index in [1.54, 1.807) is 34.6 Å². The molecule has 2 N–H and O–H groups in total. The van der Waals surface area contributed by atoms with Crippen molar-refractivity contribution in [1.29, 1.82) is 0 Å². The first kappa shape index (κ1) is 15.1. The molecule has 0 bridgehead atoms. The van der Waals surface area contributed by atoms with Crippen molar-refractivity contribution in [2.75, 3.05) is 0 Å². The van der Waals surface area contributed by atoms with Crippen molar-refractivity contribution in [3.63, 3.8) is 0 Å². The van der Waals surface area contributed by atoms with Crippen LogP contribution in [0, 0.1) is 0 Å². The predicted octanol–water partition coefficient (Wildman–Crippen LogP) is 2.85. The van der Waals surface area contributed by atoms with E-state index in [1.165, 1.54) is 11.3 Å². The molecule has 1 amide bonds. The number of hydrogen-bond acceptors (Lipinski definition) is 5. The lowest BCUT2D eigenvalue weighted by molar-refractivity contribution is -0.0637. The third-order valence-corrected chi connectivity index (χ3v) is 3.99. The van der Waals surface area contributed by atoms with Crippen molar-refractivity contribution in [1.82, 2.24) is 5.32 Å². The second-order valence-corrected chi connectivity index (χ2v) is 7.37. The van der Waals surface area contributed by atoms with Crippen LogP contribution in [0.15, 0.2) is 11.4 Å². The van der Waals surface area contributed by atoms with Crippen LogP contribution in [0.5, 0.6) is 5.75 Å². The second-order valence-electron chi connectivity index (χ2n) is 6.42. The lowest BCUT2D eigenvalue weighted by Gasteiger charge is -2.40.